The first-order chi connectivity index (χ1) is 9.14. The molecule has 0 saturated heterocycles. The van der Waals surface area contributed by atoms with Crippen LogP contribution in [0.25, 0.3) is 0 Å². The number of hydrogen-bond acceptors (Lipinski definition) is 3. The summed E-state index contributed by atoms with van der Waals surface area (Å²) in [5.74, 6) is -0.944. The Morgan fingerprint density at radius 2 is 1.95 bits per heavy atom. The molecule has 0 atom stereocenters. The summed E-state index contributed by atoms with van der Waals surface area (Å²) in [7, 11) is 0. The molecule has 2 rings (SSSR count). The first-order valence-corrected chi connectivity index (χ1v) is 7.57. The van der Waals surface area contributed by atoms with Gasteiger partial charge < -0.3 is 10.4 Å². The summed E-state index contributed by atoms with van der Waals surface area (Å²) in [5, 5.41) is 14.1. The van der Waals surface area contributed by atoms with Gasteiger partial charge in [0.1, 0.15) is 0 Å². The Hall–Kier alpha value is -1.36. The van der Waals surface area contributed by atoms with Gasteiger partial charge in [-0.3, -0.25) is 9.59 Å². The zero-order chi connectivity index (χ0) is 13.7. The zero-order valence-electron chi connectivity index (χ0n) is 10.9. The maximum atomic E-state index is 11.9. The van der Waals surface area contributed by atoms with E-state index in [1.165, 1.54) is 11.3 Å². The molecule has 1 aliphatic rings. The van der Waals surface area contributed by atoms with Crippen molar-refractivity contribution in [2.45, 2.75) is 38.5 Å². The number of nitrogens with one attached hydrogen (secondary N) is 1. The van der Waals surface area contributed by atoms with Crippen LogP contribution in [0.1, 0.15) is 48.2 Å². The third-order valence-electron chi connectivity index (χ3n) is 3.85. The number of amides is 1. The number of hydrogen-bond donors (Lipinski definition) is 2. The third kappa shape index (κ3) is 3.35. The lowest BCUT2D eigenvalue weighted by molar-refractivity contribution is -0.149. The Balaban J connectivity index is 2.00. The maximum Gasteiger partial charge on any atom is 0.311 e. The van der Waals surface area contributed by atoms with Crippen LogP contribution in [-0.2, 0) is 4.79 Å². The second kappa shape index (κ2) is 6.19. The molecule has 19 heavy (non-hydrogen) atoms. The molecule has 0 unspecified atom stereocenters. The van der Waals surface area contributed by atoms with Crippen LogP contribution < -0.4 is 5.32 Å². The summed E-state index contributed by atoms with van der Waals surface area (Å²) >= 11 is 1.37. The summed E-state index contributed by atoms with van der Waals surface area (Å²) in [6, 6.07) is 3.57. The first-order valence-electron chi connectivity index (χ1n) is 6.69. The molecule has 0 spiro atoms. The monoisotopic (exact) mass is 281 g/mol. The van der Waals surface area contributed by atoms with Crippen molar-refractivity contribution >= 4 is 23.2 Å². The minimum absolute atomic E-state index is 0.167. The van der Waals surface area contributed by atoms with Gasteiger partial charge in [-0.15, -0.1) is 11.3 Å². The van der Waals surface area contributed by atoms with Crippen molar-refractivity contribution in [1.29, 1.82) is 0 Å². The Labute approximate surface area is 116 Å². The standard InChI is InChI=1S/C14H19NO3S/c16-12(11-6-5-9-19-11)15-10-14(13(17)18)7-3-1-2-4-8-14/h5-6,9H,1-4,7-8,10H2,(H,15,16)(H,17,18). The first kappa shape index (κ1) is 14.1. The van der Waals surface area contributed by atoms with Gasteiger partial charge >= 0.3 is 5.97 Å². The van der Waals surface area contributed by atoms with Crippen LogP contribution in [0, 0.1) is 5.41 Å². The van der Waals surface area contributed by atoms with Gasteiger partial charge in [0.2, 0.25) is 0 Å². The fourth-order valence-corrected chi connectivity index (χ4v) is 3.26. The number of carbonyl (C=O) groups excluding carboxylic acids is 1. The highest BCUT2D eigenvalue weighted by Crippen LogP contribution is 2.34. The second-order valence-electron chi connectivity index (χ2n) is 5.16. The summed E-state index contributed by atoms with van der Waals surface area (Å²) < 4.78 is 0. The molecule has 1 saturated carbocycles. The molecule has 1 aromatic rings. The van der Waals surface area contributed by atoms with Crippen molar-refractivity contribution in [3.05, 3.63) is 22.4 Å². The van der Waals surface area contributed by atoms with Gasteiger partial charge in [-0.25, -0.2) is 0 Å². The second-order valence-corrected chi connectivity index (χ2v) is 6.11. The van der Waals surface area contributed by atoms with E-state index >= 15 is 0 Å². The lowest BCUT2D eigenvalue weighted by Gasteiger charge is -2.28. The number of rotatable bonds is 4. The molecule has 0 radical (unpaired) electrons. The van der Waals surface area contributed by atoms with E-state index in [2.05, 4.69) is 5.32 Å². The van der Waals surface area contributed by atoms with Gasteiger partial charge in [0.15, 0.2) is 0 Å². The van der Waals surface area contributed by atoms with E-state index in [0.29, 0.717) is 17.7 Å². The summed E-state index contributed by atoms with van der Waals surface area (Å²) in [5.41, 5.74) is -0.774. The average Bonchev–Trinajstić information content (AvgIpc) is 2.82. The van der Waals surface area contributed by atoms with E-state index in [1.807, 2.05) is 11.4 Å². The Bertz CT molecular complexity index is 434. The SMILES string of the molecule is O=C(NCC1(C(=O)O)CCCCCC1)c1cccs1. The van der Waals surface area contributed by atoms with Gasteiger partial charge in [0.05, 0.1) is 10.3 Å². The van der Waals surface area contributed by atoms with Gasteiger partial charge in [-0.2, -0.15) is 0 Å². The van der Waals surface area contributed by atoms with E-state index < -0.39 is 11.4 Å². The van der Waals surface area contributed by atoms with E-state index in [1.54, 1.807) is 6.07 Å². The largest absolute Gasteiger partial charge is 0.481 e. The molecule has 1 aromatic heterocycles. The van der Waals surface area contributed by atoms with E-state index in [4.69, 9.17) is 0 Å². The van der Waals surface area contributed by atoms with E-state index in [0.717, 1.165) is 25.7 Å². The van der Waals surface area contributed by atoms with Crippen molar-refractivity contribution < 1.29 is 14.7 Å². The highest BCUT2D eigenvalue weighted by atomic mass is 32.1. The van der Waals surface area contributed by atoms with Crippen molar-refractivity contribution in [2.75, 3.05) is 6.54 Å². The third-order valence-corrected chi connectivity index (χ3v) is 4.72. The molecular weight excluding hydrogens is 262 g/mol. The smallest absolute Gasteiger partial charge is 0.311 e. The van der Waals surface area contributed by atoms with E-state index in [-0.39, 0.29) is 12.5 Å². The predicted molar refractivity (Wildman–Crippen MR) is 74.4 cm³/mol. The van der Waals surface area contributed by atoms with Crippen LogP contribution >= 0.6 is 11.3 Å². The van der Waals surface area contributed by atoms with Crippen LogP contribution in [0.3, 0.4) is 0 Å². The highest BCUT2D eigenvalue weighted by molar-refractivity contribution is 7.12. The molecule has 1 heterocycles. The van der Waals surface area contributed by atoms with Crippen LogP contribution in [0.5, 0.6) is 0 Å². The lowest BCUT2D eigenvalue weighted by Crippen LogP contribution is -2.42. The summed E-state index contributed by atoms with van der Waals surface area (Å²) in [6.45, 7) is 0.235. The topological polar surface area (TPSA) is 66.4 Å². The highest BCUT2D eigenvalue weighted by Gasteiger charge is 2.38. The molecular formula is C14H19NO3S. The molecule has 0 bridgehead atoms. The fourth-order valence-electron chi connectivity index (χ4n) is 2.62. The average molecular weight is 281 g/mol. The van der Waals surface area contributed by atoms with Crippen LogP contribution in [0.15, 0.2) is 17.5 Å². The number of aliphatic carboxylic acids is 1. The maximum absolute atomic E-state index is 11.9. The number of carbonyl (C=O) groups is 2. The molecule has 5 heteroatoms. The normalized spacial score (nSPS) is 18.5. The molecule has 0 aliphatic heterocycles. The Kier molecular flexibility index (Phi) is 4.58. The molecule has 0 aromatic carbocycles. The fraction of sp³-hybridized carbons (Fsp3) is 0.571. The Morgan fingerprint density at radius 1 is 1.26 bits per heavy atom. The van der Waals surface area contributed by atoms with Crippen molar-refractivity contribution in [2.24, 2.45) is 5.41 Å². The van der Waals surface area contributed by atoms with Crippen molar-refractivity contribution in [1.82, 2.24) is 5.32 Å². The number of thiophene rings is 1. The molecule has 1 fully saturated rings. The lowest BCUT2D eigenvalue weighted by atomic mass is 9.80. The molecule has 104 valence electrons. The van der Waals surface area contributed by atoms with Gasteiger partial charge in [0.25, 0.3) is 5.91 Å². The van der Waals surface area contributed by atoms with Gasteiger partial charge in [-0.05, 0) is 24.3 Å². The quantitative estimate of drug-likeness (QED) is 0.834. The van der Waals surface area contributed by atoms with E-state index in [9.17, 15) is 14.7 Å². The number of carboxylic acids is 1. The molecule has 2 N–H and O–H groups in total. The van der Waals surface area contributed by atoms with Gasteiger partial charge in [-0.1, -0.05) is 31.7 Å². The van der Waals surface area contributed by atoms with Gasteiger partial charge in [0, 0.05) is 6.54 Å². The summed E-state index contributed by atoms with van der Waals surface area (Å²) in [4.78, 5) is 24.1. The van der Waals surface area contributed by atoms with Crippen LogP contribution in [0.2, 0.25) is 0 Å². The molecule has 1 aliphatic carbocycles. The van der Waals surface area contributed by atoms with Crippen LogP contribution in [0.4, 0.5) is 0 Å². The van der Waals surface area contributed by atoms with Crippen molar-refractivity contribution in [3.63, 3.8) is 0 Å². The minimum Gasteiger partial charge on any atom is -0.481 e. The predicted octanol–water partition coefficient (Wildman–Crippen LogP) is 2.90. The number of carboxylic acid groups (broad SMARTS) is 1. The molecule has 4 nitrogen and oxygen atoms in total. The molecule has 1 amide bonds. The summed E-state index contributed by atoms with van der Waals surface area (Å²) in [6.07, 6.45) is 5.37. The zero-order valence-corrected chi connectivity index (χ0v) is 11.7. The van der Waals surface area contributed by atoms with Crippen LogP contribution in [-0.4, -0.2) is 23.5 Å². The minimum atomic E-state index is -0.777. The van der Waals surface area contributed by atoms with Crippen molar-refractivity contribution in [3.8, 4) is 0 Å². The Morgan fingerprint density at radius 3 is 2.47 bits per heavy atom.